The Morgan fingerprint density at radius 1 is 1.36 bits per heavy atom. The van der Waals surface area contributed by atoms with Crippen molar-refractivity contribution in [3.8, 4) is 0 Å². The first-order chi connectivity index (χ1) is 12.2. The molecule has 0 unspecified atom stereocenters. The molecule has 0 saturated carbocycles. The third kappa shape index (κ3) is 3.43. The summed E-state index contributed by atoms with van der Waals surface area (Å²) in [5.74, 6) is 1.59. The number of morpholine rings is 1. The largest absolute Gasteiger partial charge is 0.367 e. The van der Waals surface area contributed by atoms with Gasteiger partial charge < -0.3 is 9.64 Å². The number of fused-ring (bicyclic) bond motifs is 1. The lowest BCUT2D eigenvalue weighted by molar-refractivity contribution is -0.122. The van der Waals surface area contributed by atoms with E-state index in [1.165, 1.54) is 5.56 Å². The molecule has 1 atom stereocenters. The molecule has 132 valence electrons. The van der Waals surface area contributed by atoms with Crippen LogP contribution in [0.4, 0.5) is 5.69 Å². The zero-order chi connectivity index (χ0) is 17.2. The molecule has 25 heavy (non-hydrogen) atoms. The average Bonchev–Trinajstić information content (AvgIpc) is 3.08. The second-order valence-electron chi connectivity index (χ2n) is 6.65. The van der Waals surface area contributed by atoms with Crippen molar-refractivity contribution in [1.29, 1.82) is 0 Å². The van der Waals surface area contributed by atoms with Crippen molar-refractivity contribution in [1.82, 2.24) is 20.1 Å². The first kappa shape index (κ1) is 16.2. The van der Waals surface area contributed by atoms with E-state index in [1.54, 1.807) is 0 Å². The van der Waals surface area contributed by atoms with Crippen molar-refractivity contribution < 1.29 is 9.53 Å². The SMILES string of the molecule is Cc1nc([C@@H]2CN(CC(=O)N3CCCc4ccccc43)CCO2)n[nH]1. The number of nitrogens with zero attached hydrogens (tertiary/aromatic N) is 4. The van der Waals surface area contributed by atoms with Crippen molar-refractivity contribution >= 4 is 11.6 Å². The lowest BCUT2D eigenvalue weighted by atomic mass is 10.0. The summed E-state index contributed by atoms with van der Waals surface area (Å²) < 4.78 is 5.78. The van der Waals surface area contributed by atoms with Gasteiger partial charge in [-0.25, -0.2) is 4.98 Å². The standard InChI is InChI=1S/C18H23N5O2/c1-13-19-18(21-20-13)16-11-22(9-10-25-16)12-17(24)23-8-4-6-14-5-2-3-7-15(14)23/h2-3,5,7,16H,4,6,8-12H2,1H3,(H,19,20,21)/t16-/m0/s1. The number of aromatic nitrogens is 3. The van der Waals surface area contributed by atoms with E-state index < -0.39 is 0 Å². The van der Waals surface area contributed by atoms with Crippen molar-refractivity contribution in [3.05, 3.63) is 41.5 Å². The third-order valence-electron chi connectivity index (χ3n) is 4.82. The highest BCUT2D eigenvalue weighted by Crippen LogP contribution is 2.27. The maximum atomic E-state index is 12.9. The third-order valence-corrected chi connectivity index (χ3v) is 4.82. The number of hydrogen-bond donors (Lipinski definition) is 1. The fraction of sp³-hybridized carbons (Fsp3) is 0.500. The van der Waals surface area contributed by atoms with Crippen LogP contribution in [0.2, 0.25) is 0 Å². The number of amides is 1. The molecule has 0 radical (unpaired) electrons. The Morgan fingerprint density at radius 3 is 3.08 bits per heavy atom. The Morgan fingerprint density at radius 2 is 2.24 bits per heavy atom. The molecule has 1 amide bonds. The van der Waals surface area contributed by atoms with Gasteiger partial charge in [-0.3, -0.25) is 14.8 Å². The smallest absolute Gasteiger partial charge is 0.241 e. The fourth-order valence-electron chi connectivity index (χ4n) is 3.58. The van der Waals surface area contributed by atoms with E-state index in [4.69, 9.17) is 4.74 Å². The Hall–Kier alpha value is -2.25. The Balaban J connectivity index is 1.43. The monoisotopic (exact) mass is 341 g/mol. The molecule has 0 bridgehead atoms. The molecule has 1 fully saturated rings. The average molecular weight is 341 g/mol. The summed E-state index contributed by atoms with van der Waals surface area (Å²) in [7, 11) is 0. The van der Waals surface area contributed by atoms with Crippen LogP contribution in [0.3, 0.4) is 0 Å². The normalized spacial score (nSPS) is 21.2. The first-order valence-corrected chi connectivity index (χ1v) is 8.82. The zero-order valence-corrected chi connectivity index (χ0v) is 14.4. The topological polar surface area (TPSA) is 74.3 Å². The van der Waals surface area contributed by atoms with Crippen LogP contribution in [0.15, 0.2) is 24.3 Å². The molecular weight excluding hydrogens is 318 g/mol. The van der Waals surface area contributed by atoms with Crippen LogP contribution in [0.25, 0.3) is 0 Å². The molecule has 1 saturated heterocycles. The van der Waals surface area contributed by atoms with Gasteiger partial charge in [0.25, 0.3) is 0 Å². The summed E-state index contributed by atoms with van der Waals surface area (Å²) in [6, 6.07) is 8.20. The lowest BCUT2D eigenvalue weighted by Crippen LogP contribution is -2.47. The maximum Gasteiger partial charge on any atom is 0.241 e. The van der Waals surface area contributed by atoms with Crippen LogP contribution in [0.1, 0.15) is 29.7 Å². The summed E-state index contributed by atoms with van der Waals surface area (Å²) in [6.07, 6.45) is 1.88. The van der Waals surface area contributed by atoms with E-state index >= 15 is 0 Å². The molecule has 1 aromatic heterocycles. The van der Waals surface area contributed by atoms with Crippen LogP contribution < -0.4 is 4.90 Å². The van der Waals surface area contributed by atoms with E-state index in [2.05, 4.69) is 26.1 Å². The van der Waals surface area contributed by atoms with Crippen molar-refractivity contribution in [2.24, 2.45) is 0 Å². The minimum absolute atomic E-state index is 0.152. The quantitative estimate of drug-likeness (QED) is 0.915. The van der Waals surface area contributed by atoms with Gasteiger partial charge >= 0.3 is 0 Å². The predicted octanol–water partition coefficient (Wildman–Crippen LogP) is 1.47. The number of nitrogens with one attached hydrogen (secondary N) is 1. The van der Waals surface area contributed by atoms with Gasteiger partial charge in [0, 0.05) is 25.3 Å². The molecule has 2 aliphatic heterocycles. The molecule has 0 aliphatic carbocycles. The molecule has 7 nitrogen and oxygen atoms in total. The fourth-order valence-corrected chi connectivity index (χ4v) is 3.58. The summed E-state index contributed by atoms with van der Waals surface area (Å²) >= 11 is 0. The summed E-state index contributed by atoms with van der Waals surface area (Å²) in [5, 5.41) is 7.04. The van der Waals surface area contributed by atoms with Crippen LogP contribution in [-0.4, -0.2) is 58.8 Å². The number of rotatable bonds is 3. The highest BCUT2D eigenvalue weighted by Gasteiger charge is 2.29. The van der Waals surface area contributed by atoms with E-state index in [1.807, 2.05) is 30.0 Å². The number of aromatic amines is 1. The van der Waals surface area contributed by atoms with Crippen molar-refractivity contribution in [3.63, 3.8) is 0 Å². The van der Waals surface area contributed by atoms with E-state index in [9.17, 15) is 4.79 Å². The molecule has 3 heterocycles. The number of para-hydroxylation sites is 1. The van der Waals surface area contributed by atoms with Gasteiger partial charge in [0.1, 0.15) is 11.9 Å². The Bertz CT molecular complexity index is 759. The number of H-pyrrole nitrogens is 1. The van der Waals surface area contributed by atoms with Crippen LogP contribution >= 0.6 is 0 Å². The van der Waals surface area contributed by atoms with Gasteiger partial charge in [-0.15, -0.1) is 0 Å². The number of hydrogen-bond acceptors (Lipinski definition) is 5. The number of anilines is 1. The molecule has 1 aromatic carbocycles. The zero-order valence-electron chi connectivity index (χ0n) is 14.4. The first-order valence-electron chi connectivity index (χ1n) is 8.82. The molecule has 1 N–H and O–H groups in total. The van der Waals surface area contributed by atoms with E-state index in [0.29, 0.717) is 25.5 Å². The number of aryl methyl sites for hydroxylation is 2. The summed E-state index contributed by atoms with van der Waals surface area (Å²) in [5.41, 5.74) is 2.33. The number of carbonyl (C=O) groups is 1. The van der Waals surface area contributed by atoms with Gasteiger partial charge in [-0.05, 0) is 31.4 Å². The summed E-state index contributed by atoms with van der Waals surface area (Å²) in [6.45, 7) is 5.04. The second-order valence-corrected chi connectivity index (χ2v) is 6.65. The minimum Gasteiger partial charge on any atom is -0.367 e. The van der Waals surface area contributed by atoms with Crippen LogP contribution in [0, 0.1) is 6.92 Å². The molecule has 0 spiro atoms. The predicted molar refractivity (Wildman–Crippen MR) is 93.4 cm³/mol. The van der Waals surface area contributed by atoms with Crippen LogP contribution in [-0.2, 0) is 16.0 Å². The van der Waals surface area contributed by atoms with Crippen molar-refractivity contribution in [2.75, 3.05) is 37.7 Å². The van der Waals surface area contributed by atoms with Crippen molar-refractivity contribution in [2.45, 2.75) is 25.9 Å². The van der Waals surface area contributed by atoms with Gasteiger partial charge in [0.05, 0.1) is 13.2 Å². The van der Waals surface area contributed by atoms with Crippen LogP contribution in [0.5, 0.6) is 0 Å². The number of benzene rings is 1. The molecule has 2 aliphatic rings. The van der Waals surface area contributed by atoms with Gasteiger partial charge in [0.2, 0.25) is 5.91 Å². The number of ether oxygens (including phenoxy) is 1. The van der Waals surface area contributed by atoms with Gasteiger partial charge in [-0.1, -0.05) is 18.2 Å². The van der Waals surface area contributed by atoms with E-state index in [-0.39, 0.29) is 12.0 Å². The number of carbonyl (C=O) groups excluding carboxylic acids is 1. The maximum absolute atomic E-state index is 12.9. The second kappa shape index (κ2) is 6.93. The van der Waals surface area contributed by atoms with E-state index in [0.717, 1.165) is 37.4 Å². The summed E-state index contributed by atoms with van der Waals surface area (Å²) in [4.78, 5) is 21.3. The Labute approximate surface area is 147 Å². The highest BCUT2D eigenvalue weighted by atomic mass is 16.5. The lowest BCUT2D eigenvalue weighted by Gasteiger charge is -2.34. The van der Waals surface area contributed by atoms with Gasteiger partial charge in [-0.2, -0.15) is 5.10 Å². The molecule has 7 heteroatoms. The molecular formula is C18H23N5O2. The highest BCUT2D eigenvalue weighted by molar-refractivity contribution is 5.95. The molecule has 4 rings (SSSR count). The van der Waals surface area contributed by atoms with Gasteiger partial charge in [0.15, 0.2) is 5.82 Å². The Kier molecular flexibility index (Phi) is 4.50. The molecule has 2 aromatic rings. The minimum atomic E-state index is -0.180.